The van der Waals surface area contributed by atoms with E-state index in [1.807, 2.05) is 6.92 Å². The average molecular weight is 195 g/mol. The molecular weight excluding hydrogens is 178 g/mol. The topological polar surface area (TPSA) is 64.9 Å². The van der Waals surface area contributed by atoms with Crippen LogP contribution >= 0.6 is 0 Å². The molecule has 4 heteroatoms. The second-order valence-corrected chi connectivity index (χ2v) is 4.42. The van der Waals surface area contributed by atoms with E-state index in [9.17, 15) is 0 Å². The van der Waals surface area contributed by atoms with Gasteiger partial charge in [0.15, 0.2) is 5.82 Å². The molecule has 4 nitrogen and oxygen atoms in total. The fraction of sp³-hybridized carbons (Fsp3) is 0.800. The van der Waals surface area contributed by atoms with Gasteiger partial charge in [0, 0.05) is 6.04 Å². The first-order valence-electron chi connectivity index (χ1n) is 5.19. The Hall–Kier alpha value is -0.900. The molecule has 1 saturated carbocycles. The third-order valence-electron chi connectivity index (χ3n) is 3.30. The maximum absolute atomic E-state index is 6.13. The Kier molecular flexibility index (Phi) is 2.31. The monoisotopic (exact) mass is 195 g/mol. The third-order valence-corrected chi connectivity index (χ3v) is 3.30. The van der Waals surface area contributed by atoms with E-state index in [0.29, 0.717) is 11.7 Å². The van der Waals surface area contributed by atoms with Crippen molar-refractivity contribution in [3.05, 3.63) is 11.7 Å². The second kappa shape index (κ2) is 3.35. The molecule has 0 radical (unpaired) electrons. The summed E-state index contributed by atoms with van der Waals surface area (Å²) in [6, 6.07) is 0.149. The van der Waals surface area contributed by atoms with Crippen LogP contribution in [0, 0.1) is 6.92 Å². The molecule has 0 aromatic carbocycles. The van der Waals surface area contributed by atoms with Gasteiger partial charge in [-0.15, -0.1) is 0 Å². The Morgan fingerprint density at radius 1 is 1.50 bits per heavy atom. The Morgan fingerprint density at radius 2 is 2.29 bits per heavy atom. The molecule has 2 unspecified atom stereocenters. The lowest BCUT2D eigenvalue weighted by Crippen LogP contribution is -2.45. The normalized spacial score (nSPS) is 33.2. The Morgan fingerprint density at radius 3 is 2.86 bits per heavy atom. The highest BCUT2D eigenvalue weighted by molar-refractivity contribution is 5.09. The molecule has 1 aromatic rings. The number of hydrogen-bond acceptors (Lipinski definition) is 4. The number of nitrogens with zero attached hydrogens (tertiary/aromatic N) is 2. The number of hydrogen-bond donors (Lipinski definition) is 1. The van der Waals surface area contributed by atoms with Crippen LogP contribution in [0.2, 0.25) is 0 Å². The first kappa shape index (κ1) is 9.65. The van der Waals surface area contributed by atoms with Gasteiger partial charge in [-0.05, 0) is 26.7 Å². The van der Waals surface area contributed by atoms with Gasteiger partial charge in [0.25, 0.3) is 0 Å². The van der Waals surface area contributed by atoms with Gasteiger partial charge < -0.3 is 10.3 Å². The van der Waals surface area contributed by atoms with Crippen molar-refractivity contribution in [3.8, 4) is 0 Å². The first-order chi connectivity index (χ1) is 6.63. The SMILES string of the molecule is Cc1noc(C2(C)CCCCC2N)n1. The maximum atomic E-state index is 6.13. The van der Waals surface area contributed by atoms with Crippen molar-refractivity contribution in [2.24, 2.45) is 5.73 Å². The summed E-state index contributed by atoms with van der Waals surface area (Å²) in [5.74, 6) is 1.40. The van der Waals surface area contributed by atoms with Gasteiger partial charge in [0.1, 0.15) is 0 Å². The first-order valence-corrected chi connectivity index (χ1v) is 5.19. The van der Waals surface area contributed by atoms with E-state index in [4.69, 9.17) is 10.3 Å². The quantitative estimate of drug-likeness (QED) is 0.738. The lowest BCUT2D eigenvalue weighted by Gasteiger charge is -2.35. The molecule has 2 rings (SSSR count). The summed E-state index contributed by atoms with van der Waals surface area (Å²) in [5, 5.41) is 3.83. The van der Waals surface area contributed by atoms with E-state index < -0.39 is 0 Å². The predicted octanol–water partition coefficient (Wildman–Crippen LogP) is 1.54. The van der Waals surface area contributed by atoms with Crippen LogP contribution in [0.3, 0.4) is 0 Å². The summed E-state index contributed by atoms with van der Waals surface area (Å²) >= 11 is 0. The van der Waals surface area contributed by atoms with Crippen molar-refractivity contribution >= 4 is 0 Å². The molecule has 1 aliphatic carbocycles. The van der Waals surface area contributed by atoms with Gasteiger partial charge in [-0.1, -0.05) is 18.0 Å². The number of nitrogens with two attached hydrogens (primary N) is 1. The fourth-order valence-electron chi connectivity index (χ4n) is 2.16. The molecule has 78 valence electrons. The van der Waals surface area contributed by atoms with Crippen LogP contribution in [0.15, 0.2) is 4.52 Å². The molecule has 2 N–H and O–H groups in total. The zero-order valence-corrected chi connectivity index (χ0v) is 8.79. The predicted molar refractivity (Wildman–Crippen MR) is 52.8 cm³/mol. The molecule has 0 saturated heterocycles. The largest absolute Gasteiger partial charge is 0.339 e. The molecule has 0 aliphatic heterocycles. The molecule has 14 heavy (non-hydrogen) atoms. The van der Waals surface area contributed by atoms with Crippen LogP contribution in [0.25, 0.3) is 0 Å². The minimum atomic E-state index is -0.112. The van der Waals surface area contributed by atoms with Crippen LogP contribution in [-0.2, 0) is 5.41 Å². The van der Waals surface area contributed by atoms with Gasteiger partial charge in [-0.25, -0.2) is 0 Å². The highest BCUT2D eigenvalue weighted by atomic mass is 16.5. The van der Waals surface area contributed by atoms with Crippen LogP contribution in [-0.4, -0.2) is 16.2 Å². The Labute approximate surface area is 83.9 Å². The van der Waals surface area contributed by atoms with Gasteiger partial charge in [-0.2, -0.15) is 4.98 Å². The lowest BCUT2D eigenvalue weighted by atomic mass is 9.72. The maximum Gasteiger partial charge on any atom is 0.234 e. The van der Waals surface area contributed by atoms with Gasteiger partial charge >= 0.3 is 0 Å². The molecule has 0 amide bonds. The van der Waals surface area contributed by atoms with E-state index in [-0.39, 0.29) is 11.5 Å². The molecule has 1 aliphatic rings. The highest BCUT2D eigenvalue weighted by Gasteiger charge is 2.40. The Balaban J connectivity index is 2.29. The van der Waals surface area contributed by atoms with Crippen molar-refractivity contribution in [3.63, 3.8) is 0 Å². The van der Waals surface area contributed by atoms with Crippen molar-refractivity contribution in [2.45, 2.75) is 51.0 Å². The third kappa shape index (κ3) is 1.43. The molecule has 0 bridgehead atoms. The highest BCUT2D eigenvalue weighted by Crippen LogP contribution is 2.37. The minimum Gasteiger partial charge on any atom is -0.339 e. The van der Waals surface area contributed by atoms with Crippen LogP contribution in [0.1, 0.15) is 44.3 Å². The van der Waals surface area contributed by atoms with Gasteiger partial charge in [0.05, 0.1) is 5.41 Å². The van der Waals surface area contributed by atoms with Crippen molar-refractivity contribution in [2.75, 3.05) is 0 Å². The summed E-state index contributed by atoms with van der Waals surface area (Å²) in [4.78, 5) is 4.30. The molecule has 2 atom stereocenters. The van der Waals surface area contributed by atoms with E-state index in [0.717, 1.165) is 12.8 Å². The summed E-state index contributed by atoms with van der Waals surface area (Å²) < 4.78 is 5.24. The summed E-state index contributed by atoms with van der Waals surface area (Å²) in [5.41, 5.74) is 6.02. The summed E-state index contributed by atoms with van der Waals surface area (Å²) in [6.45, 7) is 3.97. The summed E-state index contributed by atoms with van der Waals surface area (Å²) in [6.07, 6.45) is 4.52. The molecule has 1 fully saturated rings. The lowest BCUT2D eigenvalue weighted by molar-refractivity contribution is 0.203. The van der Waals surface area contributed by atoms with E-state index in [1.54, 1.807) is 0 Å². The molecule has 1 aromatic heterocycles. The van der Waals surface area contributed by atoms with Crippen LogP contribution < -0.4 is 5.73 Å². The van der Waals surface area contributed by atoms with E-state index in [1.165, 1.54) is 12.8 Å². The number of rotatable bonds is 1. The van der Waals surface area contributed by atoms with Crippen molar-refractivity contribution < 1.29 is 4.52 Å². The van der Waals surface area contributed by atoms with E-state index in [2.05, 4.69) is 17.1 Å². The zero-order valence-electron chi connectivity index (χ0n) is 8.79. The summed E-state index contributed by atoms with van der Waals surface area (Å²) in [7, 11) is 0. The minimum absolute atomic E-state index is 0.112. The second-order valence-electron chi connectivity index (χ2n) is 4.42. The van der Waals surface area contributed by atoms with Crippen molar-refractivity contribution in [1.82, 2.24) is 10.1 Å². The standard InChI is InChI=1S/C10H17N3O/c1-7-12-9(14-13-7)10(2)6-4-3-5-8(10)11/h8H,3-6,11H2,1-2H3. The molecule has 0 spiro atoms. The average Bonchev–Trinajstić information content (AvgIpc) is 2.58. The Bertz CT molecular complexity index is 323. The zero-order chi connectivity index (χ0) is 10.2. The molecular formula is C10H17N3O. The number of aryl methyl sites for hydroxylation is 1. The number of aromatic nitrogens is 2. The van der Waals surface area contributed by atoms with Gasteiger partial charge in [0.2, 0.25) is 5.89 Å². The van der Waals surface area contributed by atoms with Crippen LogP contribution in [0.5, 0.6) is 0 Å². The smallest absolute Gasteiger partial charge is 0.234 e. The molecule has 1 heterocycles. The van der Waals surface area contributed by atoms with E-state index >= 15 is 0 Å². The van der Waals surface area contributed by atoms with Crippen LogP contribution in [0.4, 0.5) is 0 Å². The van der Waals surface area contributed by atoms with Gasteiger partial charge in [-0.3, -0.25) is 0 Å². The van der Waals surface area contributed by atoms with Crippen molar-refractivity contribution in [1.29, 1.82) is 0 Å². The fourth-order valence-corrected chi connectivity index (χ4v) is 2.16.